The summed E-state index contributed by atoms with van der Waals surface area (Å²) in [6.45, 7) is 8.30. The lowest BCUT2D eigenvalue weighted by molar-refractivity contribution is 0.110. The van der Waals surface area contributed by atoms with Crippen molar-refractivity contribution in [1.29, 1.82) is 0 Å². The van der Waals surface area contributed by atoms with Gasteiger partial charge in [-0.3, -0.25) is 4.90 Å². The summed E-state index contributed by atoms with van der Waals surface area (Å²) in [4.78, 5) is 16.7. The Morgan fingerprint density at radius 2 is 1.79 bits per heavy atom. The van der Waals surface area contributed by atoms with Gasteiger partial charge in [-0.25, -0.2) is 4.79 Å². The molecule has 1 heterocycles. The van der Waals surface area contributed by atoms with Gasteiger partial charge in [0, 0.05) is 38.3 Å². The normalized spacial score (nSPS) is 24.2. The van der Waals surface area contributed by atoms with Gasteiger partial charge >= 0.3 is 6.03 Å². The van der Waals surface area contributed by atoms with E-state index in [9.17, 15) is 4.79 Å². The molecule has 0 aromatic carbocycles. The smallest absolute Gasteiger partial charge is 0.317 e. The molecule has 2 fully saturated rings. The average molecular weight is 267 g/mol. The van der Waals surface area contributed by atoms with Crippen molar-refractivity contribution < 1.29 is 4.79 Å². The van der Waals surface area contributed by atoms with Crippen molar-refractivity contribution in [2.45, 2.75) is 64.5 Å². The van der Waals surface area contributed by atoms with Gasteiger partial charge in [0.25, 0.3) is 0 Å². The zero-order valence-corrected chi connectivity index (χ0v) is 12.5. The Balaban J connectivity index is 1.72. The van der Waals surface area contributed by atoms with Crippen LogP contribution >= 0.6 is 0 Å². The maximum Gasteiger partial charge on any atom is 0.317 e. The van der Waals surface area contributed by atoms with Crippen molar-refractivity contribution in [3.8, 4) is 0 Å². The Morgan fingerprint density at radius 3 is 2.37 bits per heavy atom. The van der Waals surface area contributed by atoms with Gasteiger partial charge in [0.05, 0.1) is 0 Å². The van der Waals surface area contributed by atoms with E-state index in [1.54, 1.807) is 0 Å². The fourth-order valence-electron chi connectivity index (χ4n) is 3.14. The predicted molar refractivity (Wildman–Crippen MR) is 78.3 cm³/mol. The number of carbonyl (C=O) groups excluding carboxylic acids is 1. The highest BCUT2D eigenvalue weighted by Gasteiger charge is 2.25. The summed E-state index contributed by atoms with van der Waals surface area (Å²) < 4.78 is 0. The lowest BCUT2D eigenvalue weighted by atomic mass is 9.96. The first kappa shape index (κ1) is 14.6. The van der Waals surface area contributed by atoms with Crippen LogP contribution in [0.1, 0.15) is 52.4 Å². The zero-order valence-electron chi connectivity index (χ0n) is 12.5. The van der Waals surface area contributed by atoms with E-state index in [1.165, 1.54) is 38.5 Å². The van der Waals surface area contributed by atoms with E-state index < -0.39 is 0 Å². The highest BCUT2D eigenvalue weighted by molar-refractivity contribution is 5.74. The number of hydrogen-bond donors (Lipinski definition) is 1. The molecule has 1 aliphatic carbocycles. The summed E-state index contributed by atoms with van der Waals surface area (Å²) in [6, 6.07) is 1.23. The molecule has 1 N–H and O–H groups in total. The number of nitrogens with one attached hydrogen (secondary N) is 1. The number of nitrogens with zero attached hydrogens (tertiary/aromatic N) is 2. The third-order valence-electron chi connectivity index (χ3n) is 4.75. The molecule has 0 spiro atoms. The second kappa shape index (κ2) is 7.13. The van der Waals surface area contributed by atoms with Crippen molar-refractivity contribution in [2.24, 2.45) is 0 Å². The predicted octanol–water partition coefficient (Wildman–Crippen LogP) is 2.44. The molecule has 4 nitrogen and oxygen atoms in total. The lowest BCUT2D eigenvalue weighted by Gasteiger charge is -2.38. The number of urea groups is 1. The van der Waals surface area contributed by atoms with Crippen LogP contribution in [-0.4, -0.2) is 54.1 Å². The summed E-state index contributed by atoms with van der Waals surface area (Å²) >= 11 is 0. The number of hydrogen-bond acceptors (Lipinski definition) is 2. The molecular weight excluding hydrogens is 238 g/mol. The van der Waals surface area contributed by atoms with Gasteiger partial charge in [-0.15, -0.1) is 0 Å². The van der Waals surface area contributed by atoms with Crippen LogP contribution in [0.4, 0.5) is 4.79 Å². The molecular formula is C15H29N3O. The van der Waals surface area contributed by atoms with E-state index in [4.69, 9.17) is 0 Å². The molecule has 1 atom stereocenters. The Labute approximate surface area is 117 Å². The number of rotatable bonds is 3. The molecule has 0 aromatic heterocycles. The van der Waals surface area contributed by atoms with Crippen LogP contribution in [0.5, 0.6) is 0 Å². The first-order valence-electron chi connectivity index (χ1n) is 8.00. The molecule has 19 heavy (non-hydrogen) atoms. The molecule has 1 saturated heterocycles. The SMILES string of the molecule is CCC(C)N1CCN(C(=O)NC2CCCCC2)CC1. The molecule has 4 heteroatoms. The molecule has 2 aliphatic rings. The van der Waals surface area contributed by atoms with E-state index in [0.717, 1.165) is 26.2 Å². The largest absolute Gasteiger partial charge is 0.335 e. The highest BCUT2D eigenvalue weighted by Crippen LogP contribution is 2.18. The first-order chi connectivity index (χ1) is 9.20. The fraction of sp³-hybridized carbons (Fsp3) is 0.933. The van der Waals surface area contributed by atoms with Crippen molar-refractivity contribution in [2.75, 3.05) is 26.2 Å². The van der Waals surface area contributed by atoms with E-state index in [-0.39, 0.29) is 6.03 Å². The van der Waals surface area contributed by atoms with E-state index in [0.29, 0.717) is 12.1 Å². The summed E-state index contributed by atoms with van der Waals surface area (Å²) in [5, 5.41) is 3.22. The van der Waals surface area contributed by atoms with Gasteiger partial charge in [0.1, 0.15) is 0 Å². The standard InChI is InChI=1S/C15H29N3O/c1-3-13(2)17-9-11-18(12-10-17)15(19)16-14-7-5-4-6-8-14/h13-14H,3-12H2,1-2H3,(H,16,19). The van der Waals surface area contributed by atoms with Crippen molar-refractivity contribution in [1.82, 2.24) is 15.1 Å². The monoisotopic (exact) mass is 267 g/mol. The van der Waals surface area contributed by atoms with Crippen LogP contribution in [0, 0.1) is 0 Å². The number of carbonyl (C=O) groups is 1. The zero-order chi connectivity index (χ0) is 13.7. The maximum absolute atomic E-state index is 12.2. The van der Waals surface area contributed by atoms with E-state index in [1.807, 2.05) is 4.90 Å². The molecule has 2 amide bonds. The van der Waals surface area contributed by atoms with Crippen molar-refractivity contribution in [3.05, 3.63) is 0 Å². The second-order valence-corrected chi connectivity index (χ2v) is 6.06. The number of piperazine rings is 1. The summed E-state index contributed by atoms with van der Waals surface area (Å²) in [5.74, 6) is 0. The summed E-state index contributed by atoms with van der Waals surface area (Å²) in [6.07, 6.45) is 7.39. The van der Waals surface area contributed by atoms with Crippen LogP contribution in [0.25, 0.3) is 0 Å². The topological polar surface area (TPSA) is 35.6 Å². The molecule has 1 unspecified atom stereocenters. The lowest BCUT2D eigenvalue weighted by Crippen LogP contribution is -2.55. The molecule has 1 aliphatic heterocycles. The van der Waals surface area contributed by atoms with Gasteiger partial charge in [0.15, 0.2) is 0 Å². The van der Waals surface area contributed by atoms with Gasteiger partial charge in [0.2, 0.25) is 0 Å². The van der Waals surface area contributed by atoms with Crippen LogP contribution < -0.4 is 5.32 Å². The van der Waals surface area contributed by atoms with E-state index >= 15 is 0 Å². The van der Waals surface area contributed by atoms with Crippen molar-refractivity contribution >= 4 is 6.03 Å². The molecule has 1 saturated carbocycles. The third-order valence-corrected chi connectivity index (χ3v) is 4.75. The Morgan fingerprint density at radius 1 is 1.16 bits per heavy atom. The van der Waals surface area contributed by atoms with Crippen LogP contribution in [0.2, 0.25) is 0 Å². The molecule has 2 rings (SSSR count). The highest BCUT2D eigenvalue weighted by atomic mass is 16.2. The third kappa shape index (κ3) is 4.10. The van der Waals surface area contributed by atoms with Crippen LogP contribution in [0.3, 0.4) is 0 Å². The van der Waals surface area contributed by atoms with Gasteiger partial charge in [-0.2, -0.15) is 0 Å². The maximum atomic E-state index is 12.2. The molecule has 0 bridgehead atoms. The van der Waals surface area contributed by atoms with Gasteiger partial charge in [-0.1, -0.05) is 26.2 Å². The molecule has 0 aromatic rings. The quantitative estimate of drug-likeness (QED) is 0.852. The van der Waals surface area contributed by atoms with Gasteiger partial charge < -0.3 is 10.2 Å². The van der Waals surface area contributed by atoms with Gasteiger partial charge in [-0.05, 0) is 26.2 Å². The first-order valence-corrected chi connectivity index (χ1v) is 8.00. The minimum atomic E-state index is 0.163. The van der Waals surface area contributed by atoms with Crippen LogP contribution in [0.15, 0.2) is 0 Å². The summed E-state index contributed by atoms with van der Waals surface area (Å²) in [5.41, 5.74) is 0. The Kier molecular flexibility index (Phi) is 5.49. The Hall–Kier alpha value is -0.770. The fourth-order valence-corrected chi connectivity index (χ4v) is 3.14. The van der Waals surface area contributed by atoms with Crippen molar-refractivity contribution in [3.63, 3.8) is 0 Å². The minimum Gasteiger partial charge on any atom is -0.335 e. The summed E-state index contributed by atoms with van der Waals surface area (Å²) in [7, 11) is 0. The van der Waals surface area contributed by atoms with Crippen LogP contribution in [-0.2, 0) is 0 Å². The minimum absolute atomic E-state index is 0.163. The van der Waals surface area contributed by atoms with E-state index in [2.05, 4.69) is 24.1 Å². The Bertz CT molecular complexity index is 281. The second-order valence-electron chi connectivity index (χ2n) is 6.06. The average Bonchev–Trinajstić information content (AvgIpc) is 2.47. The molecule has 110 valence electrons. The molecule has 0 radical (unpaired) electrons. The number of amides is 2.